The van der Waals surface area contributed by atoms with Crippen LogP contribution in [0.25, 0.3) is 0 Å². The van der Waals surface area contributed by atoms with Crippen LogP contribution in [0, 0.1) is 5.92 Å². The van der Waals surface area contributed by atoms with Crippen molar-refractivity contribution >= 4 is 5.91 Å². The molecule has 118 valence electrons. The maximum Gasteiger partial charge on any atom is 0.240 e. The van der Waals surface area contributed by atoms with E-state index in [2.05, 4.69) is 15.5 Å². The molecule has 0 bridgehead atoms. The summed E-state index contributed by atoms with van der Waals surface area (Å²) in [5.74, 6) is 1.11. The molecular weight excluding hydrogens is 272 g/mol. The largest absolute Gasteiger partial charge is 0.370 e. The van der Waals surface area contributed by atoms with Crippen LogP contribution >= 0.6 is 0 Å². The van der Waals surface area contributed by atoms with E-state index in [0.29, 0.717) is 30.8 Å². The predicted molar refractivity (Wildman–Crippen MR) is 76.1 cm³/mol. The van der Waals surface area contributed by atoms with Gasteiger partial charge >= 0.3 is 0 Å². The Morgan fingerprint density at radius 3 is 2.90 bits per heavy atom. The van der Waals surface area contributed by atoms with Crippen molar-refractivity contribution in [2.75, 3.05) is 13.2 Å². The maximum atomic E-state index is 10.7. The summed E-state index contributed by atoms with van der Waals surface area (Å²) in [5, 5.41) is 6.89. The van der Waals surface area contributed by atoms with Crippen molar-refractivity contribution in [3.8, 4) is 0 Å². The number of carbonyl (C=O) groups is 1. The fourth-order valence-electron chi connectivity index (χ4n) is 2.79. The van der Waals surface area contributed by atoms with Gasteiger partial charge in [-0.2, -0.15) is 4.98 Å². The molecule has 0 radical (unpaired) electrons. The molecule has 0 aromatic carbocycles. The summed E-state index contributed by atoms with van der Waals surface area (Å²) < 4.78 is 11.1. The van der Waals surface area contributed by atoms with E-state index in [1.165, 1.54) is 19.3 Å². The molecule has 1 fully saturated rings. The number of rotatable bonds is 8. The van der Waals surface area contributed by atoms with Gasteiger partial charge in [-0.25, -0.2) is 0 Å². The fourth-order valence-corrected chi connectivity index (χ4v) is 2.79. The van der Waals surface area contributed by atoms with E-state index in [1.54, 1.807) is 0 Å². The van der Waals surface area contributed by atoms with Gasteiger partial charge in [-0.3, -0.25) is 10.1 Å². The molecule has 1 aliphatic rings. The van der Waals surface area contributed by atoms with Crippen molar-refractivity contribution in [1.82, 2.24) is 15.5 Å². The van der Waals surface area contributed by atoms with Gasteiger partial charge in [0.25, 0.3) is 0 Å². The first-order valence-electron chi connectivity index (χ1n) is 7.63. The molecule has 7 nitrogen and oxygen atoms in total. The summed E-state index contributed by atoms with van der Waals surface area (Å²) >= 11 is 0. The highest BCUT2D eigenvalue weighted by Crippen LogP contribution is 2.35. The zero-order chi connectivity index (χ0) is 15.1. The third-order valence-electron chi connectivity index (χ3n) is 3.74. The van der Waals surface area contributed by atoms with Gasteiger partial charge in [0.05, 0.1) is 13.1 Å². The summed E-state index contributed by atoms with van der Waals surface area (Å²) in [7, 11) is 0. The Balaban J connectivity index is 1.96. The molecule has 21 heavy (non-hydrogen) atoms. The maximum absolute atomic E-state index is 10.7. The molecule has 1 amide bonds. The van der Waals surface area contributed by atoms with E-state index in [9.17, 15) is 4.79 Å². The molecule has 1 aromatic rings. The monoisotopic (exact) mass is 296 g/mol. The van der Waals surface area contributed by atoms with Crippen LogP contribution in [0.3, 0.4) is 0 Å². The average molecular weight is 296 g/mol. The summed E-state index contributed by atoms with van der Waals surface area (Å²) in [6.07, 6.45) is 5.97. The van der Waals surface area contributed by atoms with Gasteiger partial charge in [0, 0.05) is 6.61 Å². The summed E-state index contributed by atoms with van der Waals surface area (Å²) in [5.41, 5.74) is 5.06. The second-order valence-electron chi connectivity index (χ2n) is 5.39. The van der Waals surface area contributed by atoms with Crippen molar-refractivity contribution in [3.63, 3.8) is 0 Å². The Bertz CT molecular complexity index is 443. The van der Waals surface area contributed by atoms with E-state index in [4.69, 9.17) is 15.0 Å². The van der Waals surface area contributed by atoms with Gasteiger partial charge in [0.1, 0.15) is 6.10 Å². The third kappa shape index (κ3) is 4.78. The van der Waals surface area contributed by atoms with Crippen LogP contribution in [0.2, 0.25) is 0 Å². The predicted octanol–water partition coefficient (Wildman–Crippen LogP) is 1.30. The lowest BCUT2D eigenvalue weighted by Crippen LogP contribution is -2.28. The minimum absolute atomic E-state index is 0.0925. The van der Waals surface area contributed by atoms with Gasteiger partial charge in [0.2, 0.25) is 17.6 Å². The molecule has 7 heteroatoms. The topological polar surface area (TPSA) is 103 Å². The summed E-state index contributed by atoms with van der Waals surface area (Å²) in [6, 6.07) is 0. The lowest BCUT2D eigenvalue weighted by molar-refractivity contribution is -0.117. The molecule has 0 spiro atoms. The van der Waals surface area contributed by atoms with Crippen molar-refractivity contribution in [2.24, 2.45) is 11.7 Å². The standard InChI is InChI=1S/C14H24N4O3/c1-2-20-13(10-6-4-3-5-7-10)14-17-12(21-18-14)9-16-8-11(15)19/h10,13,16H,2-9H2,1H3,(H2,15,19). The number of nitrogens with two attached hydrogens (primary N) is 1. The number of nitrogens with zero attached hydrogens (tertiary/aromatic N) is 2. The van der Waals surface area contributed by atoms with Crippen LogP contribution in [-0.4, -0.2) is 29.2 Å². The highest BCUT2D eigenvalue weighted by atomic mass is 16.5. The Labute approximate surface area is 124 Å². The highest BCUT2D eigenvalue weighted by molar-refractivity contribution is 5.75. The molecule has 1 aromatic heterocycles. The fraction of sp³-hybridized carbons (Fsp3) is 0.786. The van der Waals surface area contributed by atoms with Gasteiger partial charge in [0.15, 0.2) is 0 Å². The third-order valence-corrected chi connectivity index (χ3v) is 3.74. The zero-order valence-electron chi connectivity index (χ0n) is 12.5. The van der Waals surface area contributed by atoms with Crippen molar-refractivity contribution < 1.29 is 14.1 Å². The minimum atomic E-state index is -0.413. The van der Waals surface area contributed by atoms with Gasteiger partial charge in [-0.15, -0.1) is 0 Å². The molecule has 1 unspecified atom stereocenters. The Kier molecular flexibility index (Phi) is 6.13. The lowest BCUT2D eigenvalue weighted by Gasteiger charge is -2.27. The number of hydrogen-bond donors (Lipinski definition) is 2. The number of primary amides is 1. The van der Waals surface area contributed by atoms with E-state index < -0.39 is 5.91 Å². The van der Waals surface area contributed by atoms with E-state index in [0.717, 1.165) is 12.8 Å². The minimum Gasteiger partial charge on any atom is -0.370 e. The average Bonchev–Trinajstić information content (AvgIpc) is 2.94. The smallest absolute Gasteiger partial charge is 0.240 e. The second-order valence-corrected chi connectivity index (χ2v) is 5.39. The van der Waals surface area contributed by atoms with E-state index in [1.807, 2.05) is 6.92 Å². The molecular formula is C14H24N4O3. The molecule has 1 aliphatic carbocycles. The lowest BCUT2D eigenvalue weighted by atomic mass is 9.85. The Hall–Kier alpha value is -1.47. The number of hydrogen-bond acceptors (Lipinski definition) is 6. The van der Waals surface area contributed by atoms with Crippen molar-refractivity contribution in [2.45, 2.75) is 51.7 Å². The van der Waals surface area contributed by atoms with Crippen molar-refractivity contribution in [3.05, 3.63) is 11.7 Å². The van der Waals surface area contributed by atoms with Gasteiger partial charge < -0.3 is 15.0 Å². The van der Waals surface area contributed by atoms with E-state index in [-0.39, 0.29) is 12.6 Å². The van der Waals surface area contributed by atoms with Gasteiger partial charge in [-0.1, -0.05) is 24.4 Å². The van der Waals surface area contributed by atoms with Crippen LogP contribution in [0.15, 0.2) is 4.52 Å². The van der Waals surface area contributed by atoms with Gasteiger partial charge in [-0.05, 0) is 25.7 Å². The highest BCUT2D eigenvalue weighted by Gasteiger charge is 2.29. The Morgan fingerprint density at radius 2 is 2.24 bits per heavy atom. The number of aromatic nitrogens is 2. The summed E-state index contributed by atoms with van der Waals surface area (Å²) in [4.78, 5) is 15.1. The molecule has 1 saturated carbocycles. The zero-order valence-corrected chi connectivity index (χ0v) is 12.5. The number of nitrogens with one attached hydrogen (secondary N) is 1. The molecule has 0 saturated heterocycles. The van der Waals surface area contributed by atoms with Crippen LogP contribution in [0.5, 0.6) is 0 Å². The van der Waals surface area contributed by atoms with Crippen molar-refractivity contribution in [1.29, 1.82) is 0 Å². The van der Waals surface area contributed by atoms with Crippen LogP contribution in [0.1, 0.15) is 56.8 Å². The first kappa shape index (κ1) is 15.9. The second kappa shape index (κ2) is 8.09. The van der Waals surface area contributed by atoms with Crippen LogP contribution < -0.4 is 11.1 Å². The van der Waals surface area contributed by atoms with E-state index >= 15 is 0 Å². The SMILES string of the molecule is CCOC(c1noc(CNCC(N)=O)n1)C1CCCCC1. The normalized spacial score (nSPS) is 17.8. The molecule has 1 atom stereocenters. The molecule has 3 N–H and O–H groups in total. The first-order valence-corrected chi connectivity index (χ1v) is 7.63. The summed E-state index contributed by atoms with van der Waals surface area (Å²) in [6.45, 7) is 3.03. The molecule has 1 heterocycles. The Morgan fingerprint density at radius 1 is 1.48 bits per heavy atom. The molecule has 2 rings (SSSR count). The number of amides is 1. The molecule has 0 aliphatic heterocycles. The quantitative estimate of drug-likeness (QED) is 0.749. The number of carbonyl (C=O) groups excluding carboxylic acids is 1. The number of ether oxygens (including phenoxy) is 1. The first-order chi connectivity index (χ1) is 10.2. The van der Waals surface area contributed by atoms with Crippen LogP contribution in [-0.2, 0) is 16.1 Å². The van der Waals surface area contributed by atoms with Crippen LogP contribution in [0.4, 0.5) is 0 Å².